The van der Waals surface area contributed by atoms with Gasteiger partial charge in [0.2, 0.25) is 0 Å². The van der Waals surface area contributed by atoms with Gasteiger partial charge in [-0.3, -0.25) is 0 Å². The van der Waals surface area contributed by atoms with Crippen molar-refractivity contribution in [3.8, 4) is 5.75 Å². The highest BCUT2D eigenvalue weighted by molar-refractivity contribution is 5.26. The zero-order chi connectivity index (χ0) is 9.97. The molecule has 1 aromatic carbocycles. The highest BCUT2D eigenvalue weighted by atomic mass is 16.6. The Labute approximate surface area is 83.3 Å². The molecule has 2 rings (SSSR count). The van der Waals surface area contributed by atoms with Crippen LogP contribution in [0.5, 0.6) is 5.75 Å². The lowest BCUT2D eigenvalue weighted by atomic mass is 10.2. The summed E-state index contributed by atoms with van der Waals surface area (Å²) >= 11 is 0. The predicted octanol–water partition coefficient (Wildman–Crippen LogP) is 1.13. The summed E-state index contributed by atoms with van der Waals surface area (Å²) in [5.74, 6) is 0.783. The van der Waals surface area contributed by atoms with Crippen LogP contribution in [0.15, 0.2) is 24.3 Å². The molecule has 1 saturated heterocycles. The maximum Gasteiger partial charge on any atom is 0.150 e. The van der Waals surface area contributed by atoms with E-state index in [1.165, 1.54) is 5.56 Å². The number of hydrogen-bond donors (Lipinski definition) is 1. The summed E-state index contributed by atoms with van der Waals surface area (Å²) < 4.78 is 10.7. The van der Waals surface area contributed by atoms with Crippen molar-refractivity contribution in [3.63, 3.8) is 0 Å². The normalized spacial score (nSPS) is 26.4. The molecule has 0 aliphatic carbocycles. The second-order valence-corrected chi connectivity index (χ2v) is 3.57. The number of aryl methyl sites for hydroxylation is 1. The lowest BCUT2D eigenvalue weighted by Gasteiger charge is -2.15. The maximum absolute atomic E-state index is 9.45. The summed E-state index contributed by atoms with van der Waals surface area (Å²) in [6.07, 6.45) is -0.728. The van der Waals surface area contributed by atoms with Crippen LogP contribution in [0.2, 0.25) is 0 Å². The Morgan fingerprint density at radius 3 is 2.57 bits per heavy atom. The van der Waals surface area contributed by atoms with Crippen LogP contribution in [0, 0.1) is 6.92 Å². The van der Waals surface area contributed by atoms with Gasteiger partial charge in [-0.25, -0.2) is 0 Å². The Bertz CT molecular complexity index is 294. The smallest absolute Gasteiger partial charge is 0.150 e. The van der Waals surface area contributed by atoms with E-state index < -0.39 is 6.10 Å². The molecule has 0 saturated carbocycles. The van der Waals surface area contributed by atoms with Crippen LogP contribution in [0.25, 0.3) is 0 Å². The van der Waals surface area contributed by atoms with Gasteiger partial charge in [0.15, 0.2) is 0 Å². The number of aliphatic hydroxyl groups is 1. The van der Waals surface area contributed by atoms with Crippen LogP contribution in [-0.4, -0.2) is 30.5 Å². The van der Waals surface area contributed by atoms with Gasteiger partial charge >= 0.3 is 0 Å². The Morgan fingerprint density at radius 1 is 1.29 bits per heavy atom. The van der Waals surface area contributed by atoms with Gasteiger partial charge in [0.1, 0.15) is 18.0 Å². The first-order chi connectivity index (χ1) is 6.75. The molecule has 0 unspecified atom stereocenters. The van der Waals surface area contributed by atoms with E-state index in [9.17, 15) is 5.11 Å². The highest BCUT2D eigenvalue weighted by Crippen LogP contribution is 2.17. The van der Waals surface area contributed by atoms with E-state index in [-0.39, 0.29) is 6.10 Å². The average Bonchev–Trinajstić information content (AvgIpc) is 2.56. The average molecular weight is 194 g/mol. The molecule has 2 atom stereocenters. The van der Waals surface area contributed by atoms with Crippen LogP contribution in [-0.2, 0) is 4.74 Å². The van der Waals surface area contributed by atoms with Crippen molar-refractivity contribution in [2.75, 3.05) is 13.2 Å². The fourth-order valence-corrected chi connectivity index (χ4v) is 1.43. The van der Waals surface area contributed by atoms with E-state index in [0.717, 1.165) is 5.75 Å². The molecule has 1 N–H and O–H groups in total. The van der Waals surface area contributed by atoms with E-state index in [0.29, 0.717) is 13.2 Å². The molecule has 3 heteroatoms. The number of benzene rings is 1. The molecule has 0 radical (unpaired) electrons. The Hall–Kier alpha value is -1.06. The molecule has 1 heterocycles. The van der Waals surface area contributed by atoms with Crippen molar-refractivity contribution in [1.29, 1.82) is 0 Å². The second kappa shape index (κ2) is 3.98. The number of ether oxygens (including phenoxy) is 2. The summed E-state index contributed by atoms with van der Waals surface area (Å²) in [4.78, 5) is 0. The summed E-state index contributed by atoms with van der Waals surface area (Å²) in [5.41, 5.74) is 1.19. The van der Waals surface area contributed by atoms with E-state index in [4.69, 9.17) is 9.47 Å². The molecule has 0 bridgehead atoms. The lowest BCUT2D eigenvalue weighted by Crippen LogP contribution is -2.29. The molecule has 76 valence electrons. The minimum Gasteiger partial charge on any atom is -0.485 e. The van der Waals surface area contributed by atoms with Crippen molar-refractivity contribution in [1.82, 2.24) is 0 Å². The third-order valence-electron chi connectivity index (χ3n) is 2.31. The third-order valence-corrected chi connectivity index (χ3v) is 2.31. The summed E-state index contributed by atoms with van der Waals surface area (Å²) in [6, 6.07) is 7.77. The summed E-state index contributed by atoms with van der Waals surface area (Å²) in [7, 11) is 0. The van der Waals surface area contributed by atoms with Crippen molar-refractivity contribution >= 4 is 0 Å². The Balaban J connectivity index is 2.00. The summed E-state index contributed by atoms with van der Waals surface area (Å²) in [5, 5.41) is 9.45. The minimum atomic E-state index is -0.503. The predicted molar refractivity (Wildman–Crippen MR) is 52.4 cm³/mol. The Morgan fingerprint density at radius 2 is 2.00 bits per heavy atom. The van der Waals surface area contributed by atoms with E-state index in [1.807, 2.05) is 31.2 Å². The molecule has 1 aliphatic heterocycles. The van der Waals surface area contributed by atoms with Crippen LogP contribution in [0.3, 0.4) is 0 Å². The molecular weight excluding hydrogens is 180 g/mol. The largest absolute Gasteiger partial charge is 0.485 e. The van der Waals surface area contributed by atoms with Crippen LogP contribution in [0.1, 0.15) is 5.56 Å². The molecule has 0 spiro atoms. The fraction of sp³-hybridized carbons (Fsp3) is 0.455. The van der Waals surface area contributed by atoms with Crippen molar-refractivity contribution in [2.24, 2.45) is 0 Å². The SMILES string of the molecule is Cc1ccc(O[C@@H]2COC[C@H]2O)cc1. The number of rotatable bonds is 2. The molecule has 0 aromatic heterocycles. The number of aliphatic hydroxyl groups excluding tert-OH is 1. The fourth-order valence-electron chi connectivity index (χ4n) is 1.43. The molecule has 1 aromatic rings. The van der Waals surface area contributed by atoms with Gasteiger partial charge in [-0.2, -0.15) is 0 Å². The Kier molecular flexibility index (Phi) is 2.70. The van der Waals surface area contributed by atoms with Gasteiger partial charge in [0.25, 0.3) is 0 Å². The molecule has 1 aliphatic rings. The molecule has 1 fully saturated rings. The van der Waals surface area contributed by atoms with Crippen LogP contribution in [0.4, 0.5) is 0 Å². The highest BCUT2D eigenvalue weighted by Gasteiger charge is 2.27. The molecular formula is C11H14O3. The lowest BCUT2D eigenvalue weighted by molar-refractivity contribution is 0.0733. The van der Waals surface area contributed by atoms with E-state index in [2.05, 4.69) is 0 Å². The van der Waals surface area contributed by atoms with Crippen LogP contribution >= 0.6 is 0 Å². The molecule has 0 amide bonds. The van der Waals surface area contributed by atoms with Gasteiger partial charge in [-0.15, -0.1) is 0 Å². The second-order valence-electron chi connectivity index (χ2n) is 3.57. The topological polar surface area (TPSA) is 38.7 Å². The zero-order valence-electron chi connectivity index (χ0n) is 8.14. The van der Waals surface area contributed by atoms with Gasteiger partial charge in [0.05, 0.1) is 13.2 Å². The van der Waals surface area contributed by atoms with Crippen molar-refractivity contribution < 1.29 is 14.6 Å². The molecule has 14 heavy (non-hydrogen) atoms. The van der Waals surface area contributed by atoms with E-state index in [1.54, 1.807) is 0 Å². The molecule has 3 nitrogen and oxygen atoms in total. The first kappa shape index (κ1) is 9.49. The van der Waals surface area contributed by atoms with Gasteiger partial charge in [-0.1, -0.05) is 17.7 Å². The first-order valence-corrected chi connectivity index (χ1v) is 4.75. The summed E-state index contributed by atoms with van der Waals surface area (Å²) in [6.45, 7) is 2.86. The number of hydrogen-bond acceptors (Lipinski definition) is 3. The quantitative estimate of drug-likeness (QED) is 0.767. The van der Waals surface area contributed by atoms with E-state index >= 15 is 0 Å². The maximum atomic E-state index is 9.45. The van der Waals surface area contributed by atoms with Gasteiger partial charge in [0, 0.05) is 0 Å². The van der Waals surface area contributed by atoms with Gasteiger partial charge < -0.3 is 14.6 Å². The minimum absolute atomic E-state index is 0.224. The van der Waals surface area contributed by atoms with Crippen LogP contribution < -0.4 is 4.74 Å². The van der Waals surface area contributed by atoms with Gasteiger partial charge in [-0.05, 0) is 19.1 Å². The first-order valence-electron chi connectivity index (χ1n) is 4.75. The third kappa shape index (κ3) is 2.05. The zero-order valence-corrected chi connectivity index (χ0v) is 8.14. The standard InChI is InChI=1S/C11H14O3/c1-8-2-4-9(5-3-8)14-11-7-13-6-10(11)12/h2-5,10-12H,6-7H2,1H3/t10-,11-/m1/s1. The van der Waals surface area contributed by atoms with Crippen molar-refractivity contribution in [2.45, 2.75) is 19.1 Å². The van der Waals surface area contributed by atoms with Crippen molar-refractivity contribution in [3.05, 3.63) is 29.8 Å². The monoisotopic (exact) mass is 194 g/mol.